The summed E-state index contributed by atoms with van der Waals surface area (Å²) in [6, 6.07) is 1.10. The minimum absolute atomic E-state index is 0.233. The summed E-state index contributed by atoms with van der Waals surface area (Å²) in [4.78, 5) is 2.40. The van der Waals surface area contributed by atoms with Gasteiger partial charge in [-0.1, -0.05) is 0 Å². The maximum atomic E-state index is 5.73. The fourth-order valence-electron chi connectivity index (χ4n) is 2.76. The summed E-state index contributed by atoms with van der Waals surface area (Å²) < 4.78 is 11.5. The SMILES string of the molecule is CC(CN)N(C)C1CCC2(CC1)OCCO2. The average molecular weight is 228 g/mol. The van der Waals surface area contributed by atoms with E-state index in [-0.39, 0.29) is 5.79 Å². The zero-order valence-electron chi connectivity index (χ0n) is 10.4. The second-order valence-corrected chi connectivity index (χ2v) is 5.09. The van der Waals surface area contributed by atoms with Gasteiger partial charge < -0.3 is 15.2 Å². The Morgan fingerprint density at radius 1 is 1.31 bits per heavy atom. The van der Waals surface area contributed by atoms with Crippen molar-refractivity contribution in [3.63, 3.8) is 0 Å². The summed E-state index contributed by atoms with van der Waals surface area (Å²) in [5.41, 5.74) is 5.70. The van der Waals surface area contributed by atoms with Crippen LogP contribution in [-0.4, -0.2) is 49.6 Å². The summed E-state index contributed by atoms with van der Waals surface area (Å²) in [5.74, 6) is -0.233. The van der Waals surface area contributed by atoms with Gasteiger partial charge in [0.05, 0.1) is 13.2 Å². The van der Waals surface area contributed by atoms with E-state index in [0.717, 1.165) is 45.4 Å². The van der Waals surface area contributed by atoms with E-state index in [0.29, 0.717) is 12.1 Å². The Morgan fingerprint density at radius 3 is 2.38 bits per heavy atom. The van der Waals surface area contributed by atoms with Crippen LogP contribution in [0.25, 0.3) is 0 Å². The van der Waals surface area contributed by atoms with E-state index in [1.54, 1.807) is 0 Å². The molecule has 1 saturated carbocycles. The number of likely N-dealkylation sites (N-methyl/N-ethyl adjacent to an activating group) is 1. The lowest BCUT2D eigenvalue weighted by Gasteiger charge is -2.40. The molecule has 1 spiro atoms. The molecule has 94 valence electrons. The minimum atomic E-state index is -0.233. The van der Waals surface area contributed by atoms with Gasteiger partial charge in [-0.2, -0.15) is 0 Å². The average Bonchev–Trinajstić information content (AvgIpc) is 2.77. The quantitative estimate of drug-likeness (QED) is 0.781. The van der Waals surface area contributed by atoms with E-state index in [4.69, 9.17) is 15.2 Å². The molecule has 4 heteroatoms. The third-order valence-corrected chi connectivity index (χ3v) is 4.14. The first kappa shape index (κ1) is 12.3. The number of nitrogens with zero attached hydrogens (tertiary/aromatic N) is 1. The molecule has 4 nitrogen and oxygen atoms in total. The molecule has 1 unspecified atom stereocenters. The minimum Gasteiger partial charge on any atom is -0.348 e. The largest absolute Gasteiger partial charge is 0.348 e. The van der Waals surface area contributed by atoms with Gasteiger partial charge in [0.2, 0.25) is 0 Å². The lowest BCUT2D eigenvalue weighted by Crippen LogP contribution is -2.47. The van der Waals surface area contributed by atoms with Gasteiger partial charge in [0.1, 0.15) is 0 Å². The van der Waals surface area contributed by atoms with Crippen LogP contribution in [0.4, 0.5) is 0 Å². The van der Waals surface area contributed by atoms with E-state index in [1.165, 1.54) is 0 Å². The van der Waals surface area contributed by atoms with Gasteiger partial charge in [0, 0.05) is 31.5 Å². The highest BCUT2D eigenvalue weighted by molar-refractivity contribution is 4.87. The van der Waals surface area contributed by atoms with Crippen LogP contribution in [0.3, 0.4) is 0 Å². The Kier molecular flexibility index (Phi) is 3.85. The third-order valence-electron chi connectivity index (χ3n) is 4.14. The number of rotatable bonds is 3. The van der Waals surface area contributed by atoms with Crippen molar-refractivity contribution in [3.05, 3.63) is 0 Å². The van der Waals surface area contributed by atoms with E-state index in [1.807, 2.05) is 0 Å². The fraction of sp³-hybridized carbons (Fsp3) is 1.00. The van der Waals surface area contributed by atoms with Gasteiger partial charge in [0.15, 0.2) is 5.79 Å². The number of ether oxygens (including phenoxy) is 2. The van der Waals surface area contributed by atoms with Crippen molar-refractivity contribution in [2.45, 2.75) is 50.5 Å². The molecule has 1 heterocycles. The zero-order valence-corrected chi connectivity index (χ0v) is 10.4. The molecular formula is C12H24N2O2. The molecule has 0 aromatic rings. The summed E-state index contributed by atoms with van der Waals surface area (Å²) in [6.45, 7) is 4.44. The molecule has 0 amide bonds. The van der Waals surface area contributed by atoms with Gasteiger partial charge in [0.25, 0.3) is 0 Å². The van der Waals surface area contributed by atoms with Crippen LogP contribution in [0.5, 0.6) is 0 Å². The van der Waals surface area contributed by atoms with Crippen LogP contribution in [0.1, 0.15) is 32.6 Å². The van der Waals surface area contributed by atoms with Crippen molar-refractivity contribution < 1.29 is 9.47 Å². The van der Waals surface area contributed by atoms with Crippen molar-refractivity contribution in [2.75, 3.05) is 26.8 Å². The molecule has 2 rings (SSSR count). The zero-order chi connectivity index (χ0) is 11.6. The summed E-state index contributed by atoms with van der Waals surface area (Å²) >= 11 is 0. The topological polar surface area (TPSA) is 47.7 Å². The smallest absolute Gasteiger partial charge is 0.168 e. The van der Waals surface area contributed by atoms with E-state index in [2.05, 4.69) is 18.9 Å². The Morgan fingerprint density at radius 2 is 1.88 bits per heavy atom. The van der Waals surface area contributed by atoms with Gasteiger partial charge in [-0.3, -0.25) is 4.90 Å². The predicted octanol–water partition coefficient (Wildman–Crippen LogP) is 0.951. The molecule has 1 aliphatic heterocycles. The molecule has 0 bridgehead atoms. The fourth-order valence-corrected chi connectivity index (χ4v) is 2.76. The monoisotopic (exact) mass is 228 g/mol. The summed E-state index contributed by atoms with van der Waals surface area (Å²) in [6.07, 6.45) is 4.36. The standard InChI is InChI=1S/C12H24N2O2/c1-10(9-13)14(2)11-3-5-12(6-4-11)15-7-8-16-12/h10-11H,3-9,13H2,1-2H3. The highest BCUT2D eigenvalue weighted by Gasteiger charge is 2.41. The van der Waals surface area contributed by atoms with Gasteiger partial charge in [-0.05, 0) is 26.8 Å². The molecule has 2 N–H and O–H groups in total. The number of nitrogens with two attached hydrogens (primary N) is 1. The third kappa shape index (κ3) is 2.40. The van der Waals surface area contributed by atoms with Crippen LogP contribution in [-0.2, 0) is 9.47 Å². The summed E-state index contributed by atoms with van der Waals surface area (Å²) in [7, 11) is 2.18. The predicted molar refractivity (Wildman–Crippen MR) is 63.2 cm³/mol. The molecule has 1 aliphatic carbocycles. The first-order valence-electron chi connectivity index (χ1n) is 6.37. The Labute approximate surface area is 98.1 Å². The number of hydrogen-bond acceptors (Lipinski definition) is 4. The van der Waals surface area contributed by atoms with Crippen molar-refractivity contribution in [1.29, 1.82) is 0 Å². The van der Waals surface area contributed by atoms with Crippen LogP contribution in [0.2, 0.25) is 0 Å². The molecular weight excluding hydrogens is 204 g/mol. The van der Waals surface area contributed by atoms with E-state index >= 15 is 0 Å². The van der Waals surface area contributed by atoms with Crippen LogP contribution in [0, 0.1) is 0 Å². The maximum Gasteiger partial charge on any atom is 0.168 e. The van der Waals surface area contributed by atoms with Crippen molar-refractivity contribution in [1.82, 2.24) is 4.90 Å². The maximum absolute atomic E-state index is 5.73. The van der Waals surface area contributed by atoms with Gasteiger partial charge in [-0.25, -0.2) is 0 Å². The molecule has 2 fully saturated rings. The van der Waals surface area contributed by atoms with Crippen LogP contribution >= 0.6 is 0 Å². The Balaban J connectivity index is 1.84. The van der Waals surface area contributed by atoms with Crippen LogP contribution in [0.15, 0.2) is 0 Å². The Bertz CT molecular complexity index is 219. The summed E-state index contributed by atoms with van der Waals surface area (Å²) in [5, 5.41) is 0. The highest BCUT2D eigenvalue weighted by atomic mass is 16.7. The van der Waals surface area contributed by atoms with E-state index in [9.17, 15) is 0 Å². The van der Waals surface area contributed by atoms with Gasteiger partial charge >= 0.3 is 0 Å². The molecule has 0 aromatic carbocycles. The molecule has 0 radical (unpaired) electrons. The highest BCUT2D eigenvalue weighted by Crippen LogP contribution is 2.37. The number of hydrogen-bond donors (Lipinski definition) is 1. The lowest BCUT2D eigenvalue weighted by atomic mass is 9.88. The molecule has 1 saturated heterocycles. The first-order valence-corrected chi connectivity index (χ1v) is 6.37. The van der Waals surface area contributed by atoms with Gasteiger partial charge in [-0.15, -0.1) is 0 Å². The van der Waals surface area contributed by atoms with Crippen LogP contribution < -0.4 is 5.73 Å². The first-order chi connectivity index (χ1) is 7.67. The molecule has 0 aromatic heterocycles. The Hall–Kier alpha value is -0.160. The molecule has 2 aliphatic rings. The van der Waals surface area contributed by atoms with Crippen molar-refractivity contribution in [3.8, 4) is 0 Å². The molecule has 1 atom stereocenters. The normalized spacial score (nSPS) is 27.8. The van der Waals surface area contributed by atoms with Crippen molar-refractivity contribution >= 4 is 0 Å². The molecule has 16 heavy (non-hydrogen) atoms. The van der Waals surface area contributed by atoms with Crippen molar-refractivity contribution in [2.24, 2.45) is 5.73 Å². The van der Waals surface area contributed by atoms with E-state index < -0.39 is 0 Å². The second kappa shape index (κ2) is 5.00. The lowest BCUT2D eigenvalue weighted by molar-refractivity contribution is -0.184. The second-order valence-electron chi connectivity index (χ2n) is 5.09.